The van der Waals surface area contributed by atoms with Crippen molar-refractivity contribution in [3.05, 3.63) is 28.3 Å². The van der Waals surface area contributed by atoms with Gasteiger partial charge in [-0.2, -0.15) is 0 Å². The molecule has 0 amide bonds. The van der Waals surface area contributed by atoms with Crippen LogP contribution < -0.4 is 5.14 Å². The summed E-state index contributed by atoms with van der Waals surface area (Å²) >= 11 is 5.95. The van der Waals surface area contributed by atoms with E-state index in [1.807, 2.05) is 20.8 Å². The molecule has 0 radical (unpaired) electrons. The van der Waals surface area contributed by atoms with Gasteiger partial charge >= 0.3 is 5.97 Å². The maximum absolute atomic E-state index is 12.1. The number of halogens is 1. The molecule has 1 aromatic rings. The zero-order valence-electron chi connectivity index (χ0n) is 12.6. The number of ether oxygens (including phenoxy) is 1. The Labute approximate surface area is 130 Å². The van der Waals surface area contributed by atoms with E-state index < -0.39 is 16.0 Å². The van der Waals surface area contributed by atoms with Crippen LogP contribution in [0.25, 0.3) is 0 Å². The largest absolute Gasteiger partial charge is 0.462 e. The van der Waals surface area contributed by atoms with Crippen LogP contribution in [0.5, 0.6) is 0 Å². The minimum absolute atomic E-state index is 0.0371. The fourth-order valence-electron chi connectivity index (χ4n) is 1.56. The Hall–Kier alpha value is -1.11. The van der Waals surface area contributed by atoms with Crippen molar-refractivity contribution in [3.63, 3.8) is 0 Å². The molecule has 0 bridgehead atoms. The second-order valence-corrected chi connectivity index (χ2v) is 8.04. The molecule has 0 fully saturated rings. The number of sulfonamides is 1. The lowest BCUT2D eigenvalue weighted by atomic mass is 9.93. The zero-order chi connectivity index (χ0) is 16.4. The number of carbonyl (C=O) groups excluding carboxylic acids is 1. The van der Waals surface area contributed by atoms with Crippen LogP contribution in [0.4, 0.5) is 0 Å². The zero-order valence-corrected chi connectivity index (χ0v) is 14.1. The van der Waals surface area contributed by atoms with E-state index in [0.29, 0.717) is 12.0 Å². The predicted molar refractivity (Wildman–Crippen MR) is 81.9 cm³/mol. The van der Waals surface area contributed by atoms with Gasteiger partial charge in [0, 0.05) is 5.02 Å². The SMILES string of the molecule is Cc1c(Cl)cc(S(N)(=O)=O)cc1C(=O)OCCC(C)(C)C. The smallest absolute Gasteiger partial charge is 0.338 e. The Balaban J connectivity index is 3.02. The monoisotopic (exact) mass is 333 g/mol. The molecule has 0 atom stereocenters. The van der Waals surface area contributed by atoms with Gasteiger partial charge in [-0.1, -0.05) is 32.4 Å². The third-order valence-corrected chi connectivity index (χ3v) is 4.24. The van der Waals surface area contributed by atoms with Gasteiger partial charge in [-0.25, -0.2) is 18.4 Å². The second-order valence-electron chi connectivity index (χ2n) is 6.07. The van der Waals surface area contributed by atoms with E-state index in [1.54, 1.807) is 6.92 Å². The highest BCUT2D eigenvalue weighted by Gasteiger charge is 2.19. The van der Waals surface area contributed by atoms with Crippen LogP contribution in [0.15, 0.2) is 17.0 Å². The summed E-state index contributed by atoms with van der Waals surface area (Å²) in [6, 6.07) is 2.41. The summed E-state index contributed by atoms with van der Waals surface area (Å²) in [7, 11) is -3.93. The third-order valence-electron chi connectivity index (χ3n) is 2.95. The Morgan fingerprint density at radius 1 is 1.33 bits per heavy atom. The van der Waals surface area contributed by atoms with Crippen molar-refractivity contribution < 1.29 is 17.9 Å². The summed E-state index contributed by atoms with van der Waals surface area (Å²) in [5.41, 5.74) is 0.611. The first-order valence-corrected chi connectivity index (χ1v) is 8.34. The molecule has 0 aliphatic carbocycles. The van der Waals surface area contributed by atoms with Gasteiger partial charge in [-0.3, -0.25) is 0 Å². The fraction of sp³-hybridized carbons (Fsp3) is 0.500. The molecule has 0 saturated heterocycles. The molecule has 0 aliphatic rings. The summed E-state index contributed by atoms with van der Waals surface area (Å²) < 4.78 is 27.9. The van der Waals surface area contributed by atoms with Gasteiger partial charge in [-0.15, -0.1) is 0 Å². The van der Waals surface area contributed by atoms with Crippen LogP contribution in [0.2, 0.25) is 5.02 Å². The van der Waals surface area contributed by atoms with Crippen molar-refractivity contribution in [1.29, 1.82) is 0 Å². The molecule has 0 heterocycles. The number of hydrogen-bond donors (Lipinski definition) is 1. The first kappa shape index (κ1) is 17.9. The van der Waals surface area contributed by atoms with Crippen molar-refractivity contribution in [2.45, 2.75) is 39.0 Å². The summed E-state index contributed by atoms with van der Waals surface area (Å²) in [5, 5.41) is 5.22. The van der Waals surface area contributed by atoms with Crippen molar-refractivity contribution in [2.75, 3.05) is 6.61 Å². The second kappa shape index (κ2) is 6.34. The van der Waals surface area contributed by atoms with E-state index in [9.17, 15) is 13.2 Å². The minimum Gasteiger partial charge on any atom is -0.462 e. The average Bonchev–Trinajstić information content (AvgIpc) is 2.29. The van der Waals surface area contributed by atoms with Crippen molar-refractivity contribution >= 4 is 27.6 Å². The Kier molecular flexibility index (Phi) is 5.41. The number of benzene rings is 1. The average molecular weight is 334 g/mol. The van der Waals surface area contributed by atoms with Crippen LogP contribution >= 0.6 is 11.6 Å². The maximum Gasteiger partial charge on any atom is 0.338 e. The number of rotatable bonds is 4. The number of nitrogens with two attached hydrogens (primary N) is 1. The van der Waals surface area contributed by atoms with Crippen molar-refractivity contribution in [1.82, 2.24) is 0 Å². The Morgan fingerprint density at radius 2 is 1.90 bits per heavy atom. The molecule has 5 nitrogen and oxygen atoms in total. The molecule has 0 saturated carbocycles. The van der Waals surface area contributed by atoms with E-state index in [1.165, 1.54) is 12.1 Å². The van der Waals surface area contributed by atoms with Gasteiger partial charge in [0.15, 0.2) is 0 Å². The van der Waals surface area contributed by atoms with Crippen LogP contribution in [-0.2, 0) is 14.8 Å². The van der Waals surface area contributed by atoms with Gasteiger partial charge in [0.25, 0.3) is 0 Å². The normalized spacial score (nSPS) is 12.3. The van der Waals surface area contributed by atoms with Gasteiger partial charge in [0.1, 0.15) is 0 Å². The van der Waals surface area contributed by atoms with Crippen molar-refractivity contribution in [3.8, 4) is 0 Å². The van der Waals surface area contributed by atoms with Gasteiger partial charge in [-0.05, 0) is 36.5 Å². The lowest BCUT2D eigenvalue weighted by molar-refractivity contribution is 0.0463. The molecular formula is C14H20ClNO4S. The molecule has 7 heteroatoms. The fourth-order valence-corrected chi connectivity index (χ4v) is 2.41. The van der Waals surface area contributed by atoms with E-state index >= 15 is 0 Å². The van der Waals surface area contributed by atoms with Crippen molar-refractivity contribution in [2.24, 2.45) is 10.6 Å². The molecule has 0 aliphatic heterocycles. The third kappa shape index (κ3) is 5.30. The highest BCUT2D eigenvalue weighted by Crippen LogP contribution is 2.25. The van der Waals surface area contributed by atoms with E-state index in [0.717, 1.165) is 0 Å². The Bertz CT molecular complexity index is 648. The quantitative estimate of drug-likeness (QED) is 0.858. The van der Waals surface area contributed by atoms with Crippen LogP contribution in [0.1, 0.15) is 43.1 Å². The molecule has 0 aromatic heterocycles. The molecule has 0 unspecified atom stereocenters. The summed E-state index contributed by atoms with van der Waals surface area (Å²) in [6.07, 6.45) is 0.695. The molecule has 21 heavy (non-hydrogen) atoms. The minimum atomic E-state index is -3.93. The summed E-state index contributed by atoms with van der Waals surface area (Å²) in [4.78, 5) is 11.9. The maximum atomic E-state index is 12.1. The highest BCUT2D eigenvalue weighted by molar-refractivity contribution is 7.89. The first-order chi connectivity index (χ1) is 9.42. The van der Waals surface area contributed by atoms with Gasteiger partial charge < -0.3 is 4.74 Å². The van der Waals surface area contributed by atoms with Gasteiger partial charge in [0.05, 0.1) is 17.1 Å². The molecule has 2 N–H and O–H groups in total. The Morgan fingerprint density at radius 3 is 2.38 bits per heavy atom. The lowest BCUT2D eigenvalue weighted by Gasteiger charge is -2.18. The van der Waals surface area contributed by atoms with Gasteiger partial charge in [0.2, 0.25) is 10.0 Å². The van der Waals surface area contributed by atoms with Crippen LogP contribution in [-0.4, -0.2) is 21.0 Å². The first-order valence-electron chi connectivity index (χ1n) is 6.42. The highest BCUT2D eigenvalue weighted by atomic mass is 35.5. The molecular weight excluding hydrogens is 314 g/mol. The summed E-state index contributed by atoms with van der Waals surface area (Å²) in [6.45, 7) is 7.97. The molecule has 118 valence electrons. The number of carbonyl (C=O) groups is 1. The molecule has 0 spiro atoms. The number of primary sulfonamides is 1. The van der Waals surface area contributed by atoms with Crippen LogP contribution in [0, 0.1) is 12.3 Å². The van der Waals surface area contributed by atoms with E-state index in [2.05, 4.69) is 0 Å². The lowest BCUT2D eigenvalue weighted by Crippen LogP contribution is -2.16. The molecule has 1 aromatic carbocycles. The predicted octanol–water partition coefficient (Wildman–Crippen LogP) is 2.89. The van der Waals surface area contributed by atoms with E-state index in [-0.39, 0.29) is 27.5 Å². The number of esters is 1. The number of hydrogen-bond acceptors (Lipinski definition) is 4. The topological polar surface area (TPSA) is 86.5 Å². The standard InChI is InChI=1S/C14H20ClNO4S/c1-9-11(13(17)20-6-5-14(2,3)4)7-10(8-12(9)15)21(16,18)19/h7-8H,5-6H2,1-4H3,(H2,16,18,19). The summed E-state index contributed by atoms with van der Waals surface area (Å²) in [5.74, 6) is -0.607. The van der Waals surface area contributed by atoms with E-state index in [4.69, 9.17) is 21.5 Å². The van der Waals surface area contributed by atoms with Crippen LogP contribution in [0.3, 0.4) is 0 Å². The molecule has 1 rings (SSSR count).